The zero-order valence-corrected chi connectivity index (χ0v) is 25.6. The predicted molar refractivity (Wildman–Crippen MR) is 165 cm³/mol. The average molecular weight is 655 g/mol. The first-order chi connectivity index (χ1) is 19.0. The molecule has 9 nitrogen and oxygen atoms in total. The Balaban J connectivity index is 1.40. The maximum absolute atomic E-state index is 13.8. The van der Waals surface area contributed by atoms with Crippen molar-refractivity contribution < 1.29 is 14.3 Å². The van der Waals surface area contributed by atoms with E-state index in [1.165, 1.54) is 0 Å². The van der Waals surface area contributed by atoms with Crippen molar-refractivity contribution in [3.63, 3.8) is 0 Å². The number of fused-ring (bicyclic) bond motifs is 3. The standard InChI is InChI=1S/C30H35IN6O3/c1-17(2)25(36-28(38)20-7-6-9-33-18(20)3)14-37-16-30(4,5)40-15-26(37)29(39)35-23-12-19(31)11-22-21-8-10-32-13-24(21)34-27(22)23/h6-13,17,25-26,34H,14-16H2,1-5H3,(H,35,39)(H,36,38)/t25-,26+/m1/s1. The van der Waals surface area contributed by atoms with Crippen LogP contribution in [0.3, 0.4) is 0 Å². The lowest BCUT2D eigenvalue weighted by Crippen LogP contribution is -2.61. The van der Waals surface area contributed by atoms with Crippen LogP contribution < -0.4 is 10.6 Å². The Morgan fingerprint density at radius 2 is 2.02 bits per heavy atom. The lowest BCUT2D eigenvalue weighted by atomic mass is 9.98. The highest BCUT2D eigenvalue weighted by atomic mass is 127. The quantitative estimate of drug-likeness (QED) is 0.245. The summed E-state index contributed by atoms with van der Waals surface area (Å²) in [6.07, 6.45) is 5.24. The van der Waals surface area contributed by atoms with Gasteiger partial charge in [0.05, 0.1) is 40.7 Å². The van der Waals surface area contributed by atoms with Crippen molar-refractivity contribution in [1.29, 1.82) is 0 Å². The molecule has 10 heteroatoms. The molecule has 0 spiro atoms. The molecule has 0 radical (unpaired) electrons. The molecule has 0 unspecified atom stereocenters. The summed E-state index contributed by atoms with van der Waals surface area (Å²) in [6.45, 7) is 11.3. The number of rotatable bonds is 7. The Hall–Kier alpha value is -3.09. The van der Waals surface area contributed by atoms with Crippen LogP contribution in [0.2, 0.25) is 0 Å². The van der Waals surface area contributed by atoms with Crippen LogP contribution in [0.5, 0.6) is 0 Å². The van der Waals surface area contributed by atoms with Crippen molar-refractivity contribution in [2.75, 3.05) is 25.0 Å². The van der Waals surface area contributed by atoms with Gasteiger partial charge in [-0.3, -0.25) is 24.5 Å². The second-order valence-electron chi connectivity index (χ2n) is 11.4. The third-order valence-electron chi connectivity index (χ3n) is 7.50. The Labute approximate surface area is 247 Å². The molecule has 3 aromatic heterocycles. The molecule has 2 atom stereocenters. The van der Waals surface area contributed by atoms with Crippen molar-refractivity contribution in [1.82, 2.24) is 25.2 Å². The van der Waals surface area contributed by atoms with Gasteiger partial charge in [0.25, 0.3) is 5.91 Å². The van der Waals surface area contributed by atoms with Gasteiger partial charge >= 0.3 is 0 Å². The van der Waals surface area contributed by atoms with E-state index < -0.39 is 11.6 Å². The summed E-state index contributed by atoms with van der Waals surface area (Å²) in [4.78, 5) is 41.0. The Morgan fingerprint density at radius 3 is 2.77 bits per heavy atom. The van der Waals surface area contributed by atoms with E-state index in [-0.39, 0.29) is 30.4 Å². The summed E-state index contributed by atoms with van der Waals surface area (Å²) < 4.78 is 7.14. The molecule has 0 aliphatic carbocycles. The number of H-pyrrole nitrogens is 1. The largest absolute Gasteiger partial charge is 0.372 e. The molecule has 1 aliphatic heterocycles. The fraction of sp³-hybridized carbons (Fsp3) is 0.400. The van der Waals surface area contributed by atoms with Crippen molar-refractivity contribution in [3.8, 4) is 0 Å². The zero-order valence-electron chi connectivity index (χ0n) is 23.4. The van der Waals surface area contributed by atoms with Gasteiger partial charge in [-0.05, 0) is 79.6 Å². The summed E-state index contributed by atoms with van der Waals surface area (Å²) in [7, 11) is 0. The maximum atomic E-state index is 13.8. The van der Waals surface area contributed by atoms with E-state index in [1.807, 2.05) is 32.9 Å². The van der Waals surface area contributed by atoms with Crippen molar-refractivity contribution in [2.24, 2.45) is 5.92 Å². The lowest BCUT2D eigenvalue weighted by Gasteiger charge is -2.44. The number of aromatic amines is 1. The number of anilines is 1. The van der Waals surface area contributed by atoms with Gasteiger partial charge in [-0.15, -0.1) is 0 Å². The van der Waals surface area contributed by atoms with Crippen LogP contribution in [0.1, 0.15) is 43.7 Å². The fourth-order valence-electron chi connectivity index (χ4n) is 5.27. The molecule has 0 bridgehead atoms. The van der Waals surface area contributed by atoms with Crippen LogP contribution >= 0.6 is 22.6 Å². The number of amides is 2. The van der Waals surface area contributed by atoms with Crippen LogP contribution in [0.15, 0.2) is 48.9 Å². The number of benzene rings is 1. The number of pyridine rings is 2. The number of aryl methyl sites for hydroxylation is 1. The smallest absolute Gasteiger partial charge is 0.253 e. The number of hydrogen-bond donors (Lipinski definition) is 3. The summed E-state index contributed by atoms with van der Waals surface area (Å²) in [5, 5.41) is 8.47. The molecule has 40 heavy (non-hydrogen) atoms. The number of morpholine rings is 1. The van der Waals surface area contributed by atoms with E-state index in [4.69, 9.17) is 4.74 Å². The minimum Gasteiger partial charge on any atom is -0.372 e. The molecule has 4 aromatic rings. The molecule has 5 rings (SSSR count). The van der Waals surface area contributed by atoms with Gasteiger partial charge < -0.3 is 20.4 Å². The number of carbonyl (C=O) groups is 2. The van der Waals surface area contributed by atoms with Crippen LogP contribution in [-0.2, 0) is 9.53 Å². The summed E-state index contributed by atoms with van der Waals surface area (Å²) >= 11 is 2.27. The number of hydrogen-bond acceptors (Lipinski definition) is 6. The summed E-state index contributed by atoms with van der Waals surface area (Å²) in [6, 6.07) is 8.89. The molecular formula is C30H35IN6O3. The van der Waals surface area contributed by atoms with Crippen molar-refractivity contribution >= 4 is 61.9 Å². The van der Waals surface area contributed by atoms with Gasteiger partial charge in [-0.25, -0.2) is 0 Å². The molecule has 1 fully saturated rings. The number of nitrogens with one attached hydrogen (secondary N) is 3. The Bertz CT molecular complexity index is 1570. The first-order valence-electron chi connectivity index (χ1n) is 13.5. The molecule has 0 saturated carbocycles. The van der Waals surface area contributed by atoms with Gasteiger partial charge in [0.1, 0.15) is 6.04 Å². The van der Waals surface area contributed by atoms with Gasteiger partial charge in [-0.2, -0.15) is 0 Å². The second kappa shape index (κ2) is 11.4. The lowest BCUT2D eigenvalue weighted by molar-refractivity contribution is -0.144. The molecule has 1 aliphatic rings. The Kier molecular flexibility index (Phi) is 8.12. The highest BCUT2D eigenvalue weighted by molar-refractivity contribution is 14.1. The third kappa shape index (κ3) is 5.98. The molecule has 3 N–H and O–H groups in total. The third-order valence-corrected chi connectivity index (χ3v) is 8.12. The first-order valence-corrected chi connectivity index (χ1v) is 14.6. The molecule has 2 amide bonds. The van der Waals surface area contributed by atoms with Gasteiger partial charge in [0, 0.05) is 51.6 Å². The van der Waals surface area contributed by atoms with E-state index in [0.29, 0.717) is 30.0 Å². The van der Waals surface area contributed by atoms with Crippen molar-refractivity contribution in [3.05, 3.63) is 63.7 Å². The SMILES string of the molecule is Cc1ncccc1C(=O)N[C@H](CN1CC(C)(C)OC[C@H]1C(=O)Nc1cc(I)cc2c1[nH]c1cnccc12)C(C)C. The molecule has 1 saturated heterocycles. The van der Waals surface area contributed by atoms with E-state index in [1.54, 1.807) is 30.7 Å². The van der Waals surface area contributed by atoms with E-state index in [2.05, 4.69) is 73.0 Å². The second-order valence-corrected chi connectivity index (χ2v) is 12.6. The molecule has 1 aromatic carbocycles. The minimum absolute atomic E-state index is 0.144. The summed E-state index contributed by atoms with van der Waals surface area (Å²) in [5.41, 5.74) is 3.30. The first kappa shape index (κ1) is 28.4. The number of nitrogens with zero attached hydrogens (tertiary/aromatic N) is 3. The average Bonchev–Trinajstić information content (AvgIpc) is 3.26. The van der Waals surface area contributed by atoms with Gasteiger partial charge in [-0.1, -0.05) is 13.8 Å². The molecule has 210 valence electrons. The highest BCUT2D eigenvalue weighted by Gasteiger charge is 2.39. The monoisotopic (exact) mass is 654 g/mol. The zero-order chi connectivity index (χ0) is 28.6. The number of ether oxygens (including phenoxy) is 1. The topological polar surface area (TPSA) is 112 Å². The van der Waals surface area contributed by atoms with E-state index in [0.717, 1.165) is 25.4 Å². The van der Waals surface area contributed by atoms with E-state index in [9.17, 15) is 9.59 Å². The predicted octanol–water partition coefficient (Wildman–Crippen LogP) is 4.90. The van der Waals surface area contributed by atoms with Crippen LogP contribution in [0.4, 0.5) is 5.69 Å². The highest BCUT2D eigenvalue weighted by Crippen LogP contribution is 2.32. The summed E-state index contributed by atoms with van der Waals surface area (Å²) in [5.74, 6) is -0.161. The number of aromatic nitrogens is 3. The van der Waals surface area contributed by atoms with Crippen LogP contribution in [-0.4, -0.2) is 69.0 Å². The maximum Gasteiger partial charge on any atom is 0.253 e. The van der Waals surface area contributed by atoms with Crippen LogP contribution in [0, 0.1) is 16.4 Å². The number of carbonyl (C=O) groups excluding carboxylic acids is 2. The molecular weight excluding hydrogens is 619 g/mol. The van der Waals surface area contributed by atoms with E-state index >= 15 is 0 Å². The minimum atomic E-state index is -0.523. The number of halogens is 1. The molecule has 4 heterocycles. The van der Waals surface area contributed by atoms with Crippen LogP contribution in [0.25, 0.3) is 21.8 Å². The Morgan fingerprint density at radius 1 is 1.23 bits per heavy atom. The normalized spacial score (nSPS) is 18.2. The van der Waals surface area contributed by atoms with Crippen molar-refractivity contribution in [2.45, 2.75) is 52.3 Å². The van der Waals surface area contributed by atoms with Gasteiger partial charge in [0.2, 0.25) is 5.91 Å². The fourth-order valence-corrected chi connectivity index (χ4v) is 5.89. The van der Waals surface area contributed by atoms with Gasteiger partial charge in [0.15, 0.2) is 0 Å².